The minimum atomic E-state index is -2.00. The van der Waals surface area contributed by atoms with E-state index in [-0.39, 0.29) is 37.8 Å². The quantitative estimate of drug-likeness (QED) is 0.0694. The van der Waals surface area contributed by atoms with Gasteiger partial charge in [-0.2, -0.15) is 16.7 Å². The second-order valence-corrected chi connectivity index (χ2v) is 23.2. The Hall–Kier alpha value is -4.82. The van der Waals surface area contributed by atoms with Gasteiger partial charge in [0.1, 0.15) is 28.7 Å². The molecule has 4 amide bonds. The van der Waals surface area contributed by atoms with Crippen molar-refractivity contribution in [2.45, 2.75) is 128 Å². The Kier molecular flexibility index (Phi) is 18.3. The van der Waals surface area contributed by atoms with E-state index in [1.807, 2.05) is 51.1 Å². The summed E-state index contributed by atoms with van der Waals surface area (Å²) in [5.74, 6) is 1.24. The number of ether oxygens (including phenoxy) is 1. The highest BCUT2D eigenvalue weighted by atomic mass is 35.5. The molecule has 5 N–H and O–H groups in total. The molecule has 392 valence electrons. The predicted molar refractivity (Wildman–Crippen MR) is 285 cm³/mol. The number of thioether (sulfide) groups is 1. The van der Waals surface area contributed by atoms with E-state index in [4.69, 9.17) is 16.3 Å². The number of hydrogen-bond acceptors (Lipinski definition) is 14. The van der Waals surface area contributed by atoms with Crippen molar-refractivity contribution in [2.75, 3.05) is 69.8 Å². The lowest BCUT2D eigenvalue weighted by molar-refractivity contribution is -0.143. The van der Waals surface area contributed by atoms with E-state index in [1.165, 1.54) is 11.1 Å². The lowest BCUT2D eigenvalue weighted by atomic mass is 9.82. The van der Waals surface area contributed by atoms with E-state index in [1.54, 1.807) is 55.5 Å². The first-order chi connectivity index (χ1) is 34.3. The summed E-state index contributed by atoms with van der Waals surface area (Å²) in [6.07, 6.45) is 9.86. The third-order valence-electron chi connectivity index (χ3n) is 14.7. The molecule has 0 radical (unpaired) electrons. The number of carbonyl (C=O) groups is 4. The number of aliphatic hydroxyl groups excluding tert-OH is 1. The van der Waals surface area contributed by atoms with Crippen molar-refractivity contribution >= 4 is 81.4 Å². The van der Waals surface area contributed by atoms with Crippen molar-refractivity contribution in [3.63, 3.8) is 0 Å². The van der Waals surface area contributed by atoms with Gasteiger partial charge in [-0.25, -0.2) is 14.4 Å². The number of carbonyl (C=O) groups excluding carboxylic acids is 4. The summed E-state index contributed by atoms with van der Waals surface area (Å²) in [5, 5.41) is 23.2. The fourth-order valence-electron chi connectivity index (χ4n) is 9.69. The molecular weight excluding hydrogens is 979 g/mol. The number of alkyl halides is 1. The van der Waals surface area contributed by atoms with E-state index < -0.39 is 46.3 Å². The van der Waals surface area contributed by atoms with Gasteiger partial charge in [0.2, 0.25) is 17.8 Å². The van der Waals surface area contributed by atoms with Crippen LogP contribution in [0.25, 0.3) is 5.57 Å². The highest BCUT2D eigenvalue weighted by Crippen LogP contribution is 2.42. The topological polar surface area (TPSA) is 194 Å². The molecule has 1 aromatic carbocycles. The van der Waals surface area contributed by atoms with Crippen LogP contribution < -0.4 is 26.0 Å². The summed E-state index contributed by atoms with van der Waals surface area (Å²) in [6, 6.07) is 2.85. The number of aromatic nitrogens is 3. The number of benzene rings is 1. The van der Waals surface area contributed by atoms with Gasteiger partial charge in [-0.15, -0.1) is 11.3 Å². The maximum Gasteiger partial charge on any atom is 0.258 e. The number of halogens is 2. The number of rotatable bonds is 20. The van der Waals surface area contributed by atoms with Crippen LogP contribution in [-0.4, -0.2) is 152 Å². The average Bonchev–Trinajstić information content (AvgIpc) is 3.79. The van der Waals surface area contributed by atoms with Gasteiger partial charge in [0.25, 0.3) is 11.8 Å². The molecule has 72 heavy (non-hydrogen) atoms. The molecule has 4 fully saturated rings. The summed E-state index contributed by atoms with van der Waals surface area (Å²) in [7, 11) is 3.28. The third-order valence-corrected chi connectivity index (χ3v) is 17.6. The lowest BCUT2D eigenvalue weighted by Crippen LogP contribution is -2.61. The van der Waals surface area contributed by atoms with Crippen molar-refractivity contribution in [1.29, 1.82) is 0 Å². The van der Waals surface area contributed by atoms with Crippen molar-refractivity contribution in [3.8, 4) is 5.75 Å². The molecule has 2 saturated carbocycles. The van der Waals surface area contributed by atoms with Crippen LogP contribution in [0.2, 0.25) is 5.02 Å². The van der Waals surface area contributed by atoms with E-state index in [0.29, 0.717) is 58.7 Å². The molecule has 2 saturated heterocycles. The molecular formula is C52H72ClFN10O6S2. The number of piperazine rings is 1. The Morgan fingerprint density at radius 3 is 2.42 bits per heavy atom. The largest absolute Gasteiger partial charge is 0.495 e. The van der Waals surface area contributed by atoms with Gasteiger partial charge in [-0.3, -0.25) is 24.1 Å². The number of aryl methyl sites for hydroxylation is 1. The summed E-state index contributed by atoms with van der Waals surface area (Å²) in [4.78, 5) is 75.4. The van der Waals surface area contributed by atoms with Crippen LogP contribution in [-0.2, 0) is 14.4 Å². The minimum Gasteiger partial charge on any atom is -0.495 e. The molecule has 3 aromatic rings. The van der Waals surface area contributed by atoms with Crippen LogP contribution in [0.3, 0.4) is 0 Å². The molecule has 16 nitrogen and oxygen atoms in total. The lowest BCUT2D eigenvalue weighted by Gasteiger charge is -2.40. The number of nitrogens with one attached hydrogen (secondary N) is 4. The average molecular weight is 1050 g/mol. The van der Waals surface area contributed by atoms with E-state index in [2.05, 4.69) is 54.1 Å². The zero-order valence-electron chi connectivity index (χ0n) is 42.9. The molecule has 2 aliphatic carbocycles. The highest BCUT2D eigenvalue weighted by molar-refractivity contribution is 8.00. The first-order valence-corrected chi connectivity index (χ1v) is 27.4. The molecule has 0 bridgehead atoms. The fraction of sp³-hybridized carbons (Fsp3) is 0.596. The van der Waals surface area contributed by atoms with Crippen LogP contribution in [0.5, 0.6) is 5.75 Å². The van der Waals surface area contributed by atoms with Crippen molar-refractivity contribution in [1.82, 2.24) is 40.3 Å². The number of nitrogens with zero attached hydrogens (tertiary/aromatic N) is 6. The minimum absolute atomic E-state index is 0.0504. The van der Waals surface area contributed by atoms with Gasteiger partial charge < -0.3 is 40.9 Å². The molecule has 20 heteroatoms. The second kappa shape index (κ2) is 24.0. The summed E-state index contributed by atoms with van der Waals surface area (Å²) < 4.78 is 20.0. The number of aliphatic hydroxyl groups is 1. The molecule has 0 spiro atoms. The monoisotopic (exact) mass is 1050 g/mol. The van der Waals surface area contributed by atoms with Crippen LogP contribution in [0.4, 0.5) is 21.8 Å². The Morgan fingerprint density at radius 1 is 1.07 bits per heavy atom. The number of thiazole rings is 1. The smallest absolute Gasteiger partial charge is 0.258 e. The maximum atomic E-state index is 15.2. The van der Waals surface area contributed by atoms with Crippen LogP contribution in [0, 0.1) is 18.8 Å². The highest BCUT2D eigenvalue weighted by Gasteiger charge is 2.54. The van der Waals surface area contributed by atoms with Crippen molar-refractivity contribution in [2.24, 2.45) is 11.8 Å². The van der Waals surface area contributed by atoms with Crippen molar-refractivity contribution < 1.29 is 33.4 Å². The maximum absolute atomic E-state index is 15.2. The number of likely N-dealkylation sites (tertiary alicyclic amines) is 1. The van der Waals surface area contributed by atoms with Gasteiger partial charge in [0.15, 0.2) is 5.67 Å². The zero-order valence-corrected chi connectivity index (χ0v) is 45.2. The number of hydrogen-bond donors (Lipinski definition) is 5. The Morgan fingerprint density at radius 2 is 1.78 bits per heavy atom. The molecule has 2 aromatic heterocycles. The summed E-state index contributed by atoms with van der Waals surface area (Å²) in [6.45, 7) is 15.4. The van der Waals surface area contributed by atoms with E-state index in [9.17, 15) is 24.3 Å². The third kappa shape index (κ3) is 13.5. The van der Waals surface area contributed by atoms with Gasteiger partial charge in [-0.05, 0) is 121 Å². The molecule has 2 aliphatic heterocycles. The summed E-state index contributed by atoms with van der Waals surface area (Å²) >= 11 is 9.33. The van der Waals surface area contributed by atoms with Crippen LogP contribution in [0.15, 0.2) is 47.6 Å². The van der Waals surface area contributed by atoms with Crippen LogP contribution >= 0.6 is 34.7 Å². The zero-order chi connectivity index (χ0) is 51.9. The van der Waals surface area contributed by atoms with Crippen LogP contribution in [0.1, 0.15) is 107 Å². The van der Waals surface area contributed by atoms with Gasteiger partial charge >= 0.3 is 0 Å². The number of allylic oxidation sites excluding steroid dienone is 3. The summed E-state index contributed by atoms with van der Waals surface area (Å²) in [5.41, 5.74) is 4.03. The molecule has 4 aliphatic rings. The molecule has 4 heterocycles. The van der Waals surface area contributed by atoms with Crippen molar-refractivity contribution in [3.05, 3.63) is 68.8 Å². The number of β-amino-alcohol motifs (C(OH)–C–C–N with tert-alkyl or cyclic N) is 1. The molecule has 4 atom stereocenters. The normalized spacial score (nSPS) is 22.5. The number of anilines is 3. The number of methoxy groups -OCH3 is 1. The molecule has 7 rings (SSSR count). The number of amides is 4. The van der Waals surface area contributed by atoms with Gasteiger partial charge in [-0.1, -0.05) is 36.2 Å². The van der Waals surface area contributed by atoms with E-state index in [0.717, 1.165) is 79.2 Å². The van der Waals surface area contributed by atoms with Gasteiger partial charge in [0.05, 0.1) is 41.2 Å². The molecule has 2 unspecified atom stereocenters. The standard InChI is InChI=1S/C52H72ClFN10O6S2/c1-9-36(43-33(4)57-30-71-43)15-10-31(2)32(3)58-46(66)41-25-38(65)28-64(41)48(68)44(60-49(69)52(54)18-19-52)51(5,6)72-29-35-13-11-34(12-14-35)27-62-20-22-63(23-21-62)47(67)37-16-17-40(42(24-37)70-8)59-50-56-26-39(53)45(55-7)61-50/h10,15-17,24,26,30,32,34-35,38,41,44,65H,9,11-14,18-23,25,27-29H2,1-8H3,(H,58,66)(H,60,69)(H2,55,56,59,61)/b31-10+,36-15+/t32-,34?,35?,38+,41?,44?/m0/s1. The first-order valence-electron chi connectivity index (χ1n) is 25.2. The van der Waals surface area contributed by atoms with Gasteiger partial charge in [0, 0.05) is 69.1 Å². The second-order valence-electron chi connectivity index (χ2n) is 20.3. The van der Waals surface area contributed by atoms with E-state index >= 15 is 4.39 Å². The fourth-order valence-corrected chi connectivity index (χ4v) is 12.1. The first kappa shape index (κ1) is 54.9. The Balaban J connectivity index is 0.897. The SMILES string of the molecule is CC/C(=C\C=C(/C)[C@H](C)NC(=O)C1C[C@@H](O)CN1C(=O)C(NC(=O)C1(F)CC1)C(C)(C)SCC1CCC(CN2CCN(C(=O)c3ccc(Nc4ncc(Cl)c(NC)n4)c(OC)c3)CC2)CC1)c1scnc1C. The predicted octanol–water partition coefficient (Wildman–Crippen LogP) is 7.66. The Labute approximate surface area is 436 Å². The Bertz CT molecular complexity index is 2490.